The molecule has 0 aliphatic heterocycles. The fourth-order valence-corrected chi connectivity index (χ4v) is 0.140. The molecule has 0 heterocycles. The molecular weight excluding hydrogens is 155 g/mol. The van der Waals surface area contributed by atoms with Crippen LogP contribution in [0.1, 0.15) is 0 Å². The highest BCUT2D eigenvalue weighted by molar-refractivity contribution is 6.37. The number of halogens is 3. The zero-order valence-electron chi connectivity index (χ0n) is 4.53. The van der Waals surface area contributed by atoms with Crippen molar-refractivity contribution in [1.29, 1.82) is 0 Å². The van der Waals surface area contributed by atoms with Gasteiger partial charge in [-0.25, -0.2) is 0 Å². The number of hydrogen-bond donors (Lipinski definition) is 1. The second kappa shape index (κ2) is 3.16. The van der Waals surface area contributed by atoms with Gasteiger partial charge in [0.25, 0.3) is 5.91 Å². The van der Waals surface area contributed by atoms with E-state index in [0.717, 1.165) is 0 Å². The molecule has 0 fully saturated rings. The van der Waals surface area contributed by atoms with Crippen molar-refractivity contribution in [2.45, 2.75) is 6.18 Å². The number of nitrogens with two attached hydrogens (primary N) is 1. The average Bonchev–Trinajstić information content (AvgIpc) is 1.62. The van der Waals surface area contributed by atoms with Crippen molar-refractivity contribution >= 4 is 11.7 Å². The predicted octanol–water partition coefficient (Wildman–Crippen LogP) is -1.22. The van der Waals surface area contributed by atoms with Gasteiger partial charge in [-0.1, -0.05) is 0 Å². The number of carbonyl (C=O) groups excluding carboxylic acids is 2. The van der Waals surface area contributed by atoms with Gasteiger partial charge in [-0.3, -0.25) is 9.59 Å². The summed E-state index contributed by atoms with van der Waals surface area (Å²) in [7, 11) is 0. The first-order valence-electron chi connectivity index (χ1n) is 1.76. The summed E-state index contributed by atoms with van der Waals surface area (Å²) in [5.74, 6) is -4.51. The molecule has 0 aromatic rings. The van der Waals surface area contributed by atoms with Crippen LogP contribution in [-0.4, -0.2) is 23.3 Å². The van der Waals surface area contributed by atoms with Gasteiger partial charge in [0, 0.05) is 0 Å². The maximum atomic E-state index is 11.0. The quantitative estimate of drug-likeness (QED) is 0.485. The summed E-state index contributed by atoms with van der Waals surface area (Å²) >= 11 is 0. The number of hydrogen-bond acceptors (Lipinski definition) is 2. The number of amides is 1. The van der Waals surface area contributed by atoms with Crippen LogP contribution < -0.4 is 5.73 Å². The van der Waals surface area contributed by atoms with Crippen LogP contribution in [0, 0.1) is 0 Å². The molecule has 60 valence electrons. The Morgan fingerprint density at radius 3 is 1.50 bits per heavy atom. The van der Waals surface area contributed by atoms with Crippen LogP contribution in [0.15, 0.2) is 0 Å². The van der Waals surface area contributed by atoms with Gasteiger partial charge in [0.2, 0.25) is 0 Å². The normalized spacial score (nSPS) is 9.90. The van der Waals surface area contributed by atoms with Crippen LogP contribution in [-0.2, 0) is 9.59 Å². The molecule has 1 amide bonds. The number of carbonyl (C=O) groups is 2. The predicted molar refractivity (Wildman–Crippen MR) is 23.9 cm³/mol. The van der Waals surface area contributed by atoms with E-state index >= 15 is 0 Å². The Labute approximate surface area is 53.1 Å². The SMILES string of the molecule is NC(=O)C(=O)C(F)(F)F.O. The molecule has 0 bridgehead atoms. The Bertz CT molecular complexity index is 152. The zero-order valence-corrected chi connectivity index (χ0v) is 4.53. The average molecular weight is 159 g/mol. The van der Waals surface area contributed by atoms with E-state index in [4.69, 9.17) is 0 Å². The lowest BCUT2D eigenvalue weighted by molar-refractivity contribution is -0.174. The first-order chi connectivity index (χ1) is 3.85. The number of ketones is 1. The Morgan fingerprint density at radius 2 is 1.50 bits per heavy atom. The number of rotatable bonds is 1. The van der Waals surface area contributed by atoms with Gasteiger partial charge in [0.05, 0.1) is 0 Å². The van der Waals surface area contributed by atoms with Gasteiger partial charge < -0.3 is 11.2 Å². The molecule has 0 rings (SSSR count). The van der Waals surface area contributed by atoms with Crippen LogP contribution in [0.5, 0.6) is 0 Å². The Balaban J connectivity index is 0. The third-order valence-corrected chi connectivity index (χ3v) is 0.481. The minimum absolute atomic E-state index is 0. The summed E-state index contributed by atoms with van der Waals surface area (Å²) < 4.78 is 33.1. The lowest BCUT2D eigenvalue weighted by Crippen LogP contribution is -2.35. The molecule has 0 atom stereocenters. The van der Waals surface area contributed by atoms with Gasteiger partial charge in [-0.05, 0) is 0 Å². The molecule has 0 aliphatic carbocycles. The van der Waals surface area contributed by atoms with E-state index < -0.39 is 17.9 Å². The highest BCUT2D eigenvalue weighted by Crippen LogP contribution is 2.14. The Hall–Kier alpha value is -1.11. The summed E-state index contributed by atoms with van der Waals surface area (Å²) in [5, 5.41) is 0. The topological polar surface area (TPSA) is 91.7 Å². The number of alkyl halides is 3. The van der Waals surface area contributed by atoms with E-state index in [1.165, 1.54) is 0 Å². The molecule has 10 heavy (non-hydrogen) atoms. The standard InChI is InChI=1S/C3H2F3NO2.H2O/c4-3(5,6)1(8)2(7)9;/h(H2,7,9);1H2. The van der Waals surface area contributed by atoms with E-state index in [9.17, 15) is 22.8 Å². The molecule has 0 aliphatic rings. The summed E-state index contributed by atoms with van der Waals surface area (Å²) in [4.78, 5) is 19.1. The van der Waals surface area contributed by atoms with Crippen molar-refractivity contribution in [1.82, 2.24) is 0 Å². The lowest BCUT2D eigenvalue weighted by atomic mass is 10.4. The first-order valence-corrected chi connectivity index (χ1v) is 1.76. The molecule has 0 aromatic heterocycles. The van der Waals surface area contributed by atoms with Crippen molar-refractivity contribution in [3.05, 3.63) is 0 Å². The van der Waals surface area contributed by atoms with Crippen LogP contribution in [0.4, 0.5) is 13.2 Å². The second-order valence-electron chi connectivity index (χ2n) is 1.19. The minimum atomic E-state index is -5.13. The molecule has 0 saturated carbocycles. The monoisotopic (exact) mass is 159 g/mol. The number of primary amides is 1. The van der Waals surface area contributed by atoms with E-state index in [1.807, 2.05) is 0 Å². The largest absolute Gasteiger partial charge is 0.460 e. The summed E-state index contributed by atoms with van der Waals surface area (Å²) in [6, 6.07) is 0. The van der Waals surface area contributed by atoms with Gasteiger partial charge in [-0.2, -0.15) is 13.2 Å². The molecule has 4 nitrogen and oxygen atoms in total. The lowest BCUT2D eigenvalue weighted by Gasteiger charge is -1.98. The molecule has 0 spiro atoms. The van der Waals surface area contributed by atoms with Gasteiger partial charge in [0.1, 0.15) is 0 Å². The van der Waals surface area contributed by atoms with E-state index in [0.29, 0.717) is 0 Å². The van der Waals surface area contributed by atoms with Crippen molar-refractivity contribution in [2.75, 3.05) is 0 Å². The molecule has 7 heteroatoms. The minimum Gasteiger partial charge on any atom is -0.412 e. The molecule has 0 radical (unpaired) electrons. The van der Waals surface area contributed by atoms with Crippen LogP contribution in [0.2, 0.25) is 0 Å². The maximum absolute atomic E-state index is 11.0. The maximum Gasteiger partial charge on any atom is 0.460 e. The Kier molecular flexibility index (Phi) is 3.68. The summed E-state index contributed by atoms with van der Waals surface area (Å²) in [5.41, 5.74) is 4.01. The van der Waals surface area contributed by atoms with E-state index in [-0.39, 0.29) is 5.48 Å². The Morgan fingerprint density at radius 1 is 1.20 bits per heavy atom. The fraction of sp³-hybridized carbons (Fsp3) is 0.333. The van der Waals surface area contributed by atoms with Crippen LogP contribution >= 0.6 is 0 Å². The number of Topliss-reactive ketones (excluding diaryl/α,β-unsaturated/α-hetero) is 1. The van der Waals surface area contributed by atoms with E-state index in [1.54, 1.807) is 0 Å². The summed E-state index contributed by atoms with van der Waals surface area (Å²) in [6.07, 6.45) is -5.13. The molecule has 0 saturated heterocycles. The van der Waals surface area contributed by atoms with Crippen molar-refractivity contribution in [3.63, 3.8) is 0 Å². The smallest absolute Gasteiger partial charge is 0.412 e. The van der Waals surface area contributed by atoms with Gasteiger partial charge in [-0.15, -0.1) is 0 Å². The third-order valence-electron chi connectivity index (χ3n) is 0.481. The van der Waals surface area contributed by atoms with Crippen molar-refractivity contribution in [2.24, 2.45) is 5.73 Å². The zero-order chi connectivity index (χ0) is 7.65. The van der Waals surface area contributed by atoms with Gasteiger partial charge in [0.15, 0.2) is 0 Å². The second-order valence-corrected chi connectivity index (χ2v) is 1.19. The molecule has 0 unspecified atom stereocenters. The summed E-state index contributed by atoms with van der Waals surface area (Å²) in [6.45, 7) is 0. The fourth-order valence-electron chi connectivity index (χ4n) is 0.140. The van der Waals surface area contributed by atoms with E-state index in [2.05, 4.69) is 5.73 Å². The first kappa shape index (κ1) is 11.7. The van der Waals surface area contributed by atoms with Crippen LogP contribution in [0.3, 0.4) is 0 Å². The van der Waals surface area contributed by atoms with Crippen molar-refractivity contribution in [3.8, 4) is 0 Å². The molecular formula is C3H4F3NO3. The highest BCUT2D eigenvalue weighted by Gasteiger charge is 2.42. The third kappa shape index (κ3) is 3.02. The van der Waals surface area contributed by atoms with Crippen molar-refractivity contribution < 1.29 is 28.2 Å². The van der Waals surface area contributed by atoms with Crippen LogP contribution in [0.25, 0.3) is 0 Å². The highest BCUT2D eigenvalue weighted by atomic mass is 19.4. The molecule has 0 aromatic carbocycles. The molecule has 4 N–H and O–H groups in total. The van der Waals surface area contributed by atoms with Gasteiger partial charge >= 0.3 is 12.0 Å².